The van der Waals surface area contributed by atoms with Gasteiger partial charge in [-0.25, -0.2) is 17.6 Å². The van der Waals surface area contributed by atoms with Crippen LogP contribution in [-0.4, -0.2) is 13.2 Å². The fourth-order valence-corrected chi connectivity index (χ4v) is 6.63. The highest BCUT2D eigenvalue weighted by Gasteiger charge is 2.31. The van der Waals surface area contributed by atoms with Crippen LogP contribution in [0.4, 0.5) is 26.3 Å². The molecule has 236 valence electrons. The molecule has 3 aromatic carbocycles. The highest BCUT2D eigenvalue weighted by Crippen LogP contribution is 2.45. The van der Waals surface area contributed by atoms with Crippen LogP contribution in [0, 0.1) is 34.9 Å². The summed E-state index contributed by atoms with van der Waals surface area (Å²) in [6, 6.07) is 9.21. The number of halogens is 6. The molecule has 0 aliphatic heterocycles. The number of ether oxygens (including phenoxy) is 2. The Morgan fingerprint density at radius 3 is 1.68 bits per heavy atom. The zero-order valence-corrected chi connectivity index (χ0v) is 25.1. The Hall–Kier alpha value is -3.42. The van der Waals surface area contributed by atoms with Crippen LogP contribution >= 0.6 is 0 Å². The van der Waals surface area contributed by atoms with Crippen molar-refractivity contribution in [3.05, 3.63) is 99.6 Å². The Labute approximate surface area is 255 Å². The van der Waals surface area contributed by atoms with Gasteiger partial charge in [0.15, 0.2) is 34.8 Å². The monoisotopic (exact) mass is 616 g/mol. The number of allylic oxidation sites excluding steroid dienone is 2. The summed E-state index contributed by atoms with van der Waals surface area (Å²) in [7, 11) is 0. The lowest BCUT2D eigenvalue weighted by Gasteiger charge is -2.30. The Bertz CT molecular complexity index is 1510. The van der Waals surface area contributed by atoms with Crippen molar-refractivity contribution < 1.29 is 35.8 Å². The molecule has 1 atom stereocenters. The van der Waals surface area contributed by atoms with E-state index in [-0.39, 0.29) is 52.5 Å². The molecule has 1 fully saturated rings. The fourth-order valence-electron chi connectivity index (χ4n) is 6.63. The number of hydrogen-bond acceptors (Lipinski definition) is 2. The molecule has 2 aliphatic rings. The second kappa shape index (κ2) is 14.1. The molecule has 8 heteroatoms. The Kier molecular flexibility index (Phi) is 10.3. The van der Waals surface area contributed by atoms with E-state index in [4.69, 9.17) is 9.47 Å². The average molecular weight is 617 g/mol. The van der Waals surface area contributed by atoms with E-state index in [2.05, 4.69) is 0 Å². The van der Waals surface area contributed by atoms with Crippen molar-refractivity contribution in [1.82, 2.24) is 0 Å². The largest absolute Gasteiger partial charge is 0.491 e. The van der Waals surface area contributed by atoms with E-state index in [0.29, 0.717) is 62.7 Å². The van der Waals surface area contributed by atoms with Crippen molar-refractivity contribution in [3.8, 4) is 11.5 Å². The van der Waals surface area contributed by atoms with E-state index in [1.54, 1.807) is 31.2 Å². The molecule has 2 aliphatic carbocycles. The third kappa shape index (κ3) is 6.50. The summed E-state index contributed by atoms with van der Waals surface area (Å²) in [4.78, 5) is 0. The summed E-state index contributed by atoms with van der Waals surface area (Å²) in [5.41, 5.74) is 1.66. The van der Waals surface area contributed by atoms with Crippen molar-refractivity contribution in [2.24, 2.45) is 0 Å². The van der Waals surface area contributed by atoms with E-state index in [9.17, 15) is 17.6 Å². The first-order chi connectivity index (χ1) is 21.2. The van der Waals surface area contributed by atoms with Gasteiger partial charge in [-0.15, -0.1) is 0 Å². The van der Waals surface area contributed by atoms with Gasteiger partial charge >= 0.3 is 0 Å². The van der Waals surface area contributed by atoms with Crippen LogP contribution in [-0.2, 0) is 0 Å². The van der Waals surface area contributed by atoms with Crippen LogP contribution in [0.2, 0.25) is 0 Å². The Morgan fingerprint density at radius 1 is 0.591 bits per heavy atom. The van der Waals surface area contributed by atoms with Gasteiger partial charge in [0, 0.05) is 5.56 Å². The minimum atomic E-state index is -1.02. The van der Waals surface area contributed by atoms with Gasteiger partial charge in [-0.2, -0.15) is 8.78 Å². The van der Waals surface area contributed by atoms with Gasteiger partial charge in [0.25, 0.3) is 0 Å². The van der Waals surface area contributed by atoms with E-state index in [1.165, 1.54) is 18.2 Å². The molecule has 1 saturated carbocycles. The molecular formula is C36H38F6O2. The summed E-state index contributed by atoms with van der Waals surface area (Å²) < 4.78 is 100.0. The summed E-state index contributed by atoms with van der Waals surface area (Å²) in [5, 5.41) is 0. The lowest BCUT2D eigenvalue weighted by Crippen LogP contribution is -2.16. The first-order valence-electron chi connectivity index (χ1n) is 15.6. The molecule has 0 aromatic heterocycles. The number of benzene rings is 3. The molecule has 1 unspecified atom stereocenters. The van der Waals surface area contributed by atoms with Crippen LogP contribution in [0.5, 0.6) is 11.5 Å². The zero-order chi connectivity index (χ0) is 31.4. The lowest BCUT2D eigenvalue weighted by atomic mass is 9.75. The van der Waals surface area contributed by atoms with Crippen LogP contribution < -0.4 is 9.47 Å². The van der Waals surface area contributed by atoms with Crippen LogP contribution in [0.3, 0.4) is 0 Å². The van der Waals surface area contributed by atoms with Crippen molar-refractivity contribution in [1.29, 1.82) is 0 Å². The number of rotatable bonds is 10. The minimum absolute atomic E-state index is 0.114. The molecule has 0 radical (unpaired) electrons. The molecule has 3 aromatic rings. The van der Waals surface area contributed by atoms with Crippen LogP contribution in [0.25, 0.3) is 5.57 Å². The van der Waals surface area contributed by atoms with E-state index in [1.807, 2.05) is 6.92 Å². The van der Waals surface area contributed by atoms with Gasteiger partial charge in [-0.3, -0.25) is 0 Å². The van der Waals surface area contributed by atoms with Crippen molar-refractivity contribution in [2.75, 3.05) is 13.2 Å². The molecule has 5 rings (SSSR count). The van der Waals surface area contributed by atoms with E-state index in [0.717, 1.165) is 12.8 Å². The summed E-state index contributed by atoms with van der Waals surface area (Å²) in [6.07, 6.45) is 6.72. The Balaban J connectivity index is 1.24. The summed E-state index contributed by atoms with van der Waals surface area (Å²) in [5.74, 6) is -6.60. The highest BCUT2D eigenvalue weighted by atomic mass is 19.2. The predicted molar refractivity (Wildman–Crippen MR) is 159 cm³/mol. The minimum Gasteiger partial charge on any atom is -0.491 e. The SMILES string of the molecule is CCCCOc1ccc(C2=CCC(c3ccc(C4CCC(c5ccc(OCC)c(F)c5F)CC4)c(F)c3F)CC2)c(F)c1F. The maximum Gasteiger partial charge on any atom is 0.201 e. The molecule has 0 bridgehead atoms. The highest BCUT2D eigenvalue weighted by molar-refractivity contribution is 5.68. The molecule has 0 heterocycles. The van der Waals surface area contributed by atoms with E-state index >= 15 is 8.78 Å². The molecule has 0 saturated heterocycles. The maximum atomic E-state index is 15.4. The third-order valence-electron chi connectivity index (χ3n) is 9.12. The maximum absolute atomic E-state index is 15.4. The molecular weight excluding hydrogens is 578 g/mol. The fraction of sp³-hybridized carbons (Fsp3) is 0.444. The van der Waals surface area contributed by atoms with Crippen LogP contribution in [0.15, 0.2) is 42.5 Å². The average Bonchev–Trinajstić information content (AvgIpc) is 3.03. The van der Waals surface area contributed by atoms with Gasteiger partial charge in [-0.05, 0) is 117 Å². The quantitative estimate of drug-likeness (QED) is 0.167. The number of unbranched alkanes of at least 4 members (excludes halogenated alkanes) is 1. The van der Waals surface area contributed by atoms with Crippen LogP contribution in [0.1, 0.15) is 112 Å². The molecule has 2 nitrogen and oxygen atoms in total. The standard InChI is InChI=1S/C36H38F6O2/c1-3-5-20-44-30-19-17-28(34(40)36(30)42)24-12-8-22(9-13-24)26-15-14-25(31(37)32(26)38)21-6-10-23(11-7-21)27-16-18-29(43-4-2)35(41)33(27)39/h12,14-19,21-23H,3-11,13,20H2,1-2H3. The first-order valence-corrected chi connectivity index (χ1v) is 15.6. The molecule has 0 N–H and O–H groups in total. The van der Waals surface area contributed by atoms with Crippen molar-refractivity contribution in [2.45, 2.75) is 89.4 Å². The zero-order valence-electron chi connectivity index (χ0n) is 25.1. The number of hydrogen-bond donors (Lipinski definition) is 0. The second-order valence-electron chi connectivity index (χ2n) is 11.8. The molecule has 44 heavy (non-hydrogen) atoms. The summed E-state index contributed by atoms with van der Waals surface area (Å²) in [6.45, 7) is 4.21. The van der Waals surface area contributed by atoms with Gasteiger partial charge in [-0.1, -0.05) is 37.6 Å². The lowest BCUT2D eigenvalue weighted by molar-refractivity contribution is 0.288. The van der Waals surface area contributed by atoms with Gasteiger partial charge in [0.05, 0.1) is 13.2 Å². The first kappa shape index (κ1) is 32.0. The Morgan fingerprint density at radius 2 is 1.11 bits per heavy atom. The molecule has 0 spiro atoms. The van der Waals surface area contributed by atoms with E-state index < -0.39 is 34.9 Å². The van der Waals surface area contributed by atoms with Gasteiger partial charge in [0.2, 0.25) is 11.6 Å². The second-order valence-corrected chi connectivity index (χ2v) is 11.8. The third-order valence-corrected chi connectivity index (χ3v) is 9.12. The van der Waals surface area contributed by atoms with Gasteiger partial charge in [0.1, 0.15) is 0 Å². The van der Waals surface area contributed by atoms with Gasteiger partial charge < -0.3 is 9.47 Å². The normalized spacial score (nSPS) is 20.4. The predicted octanol–water partition coefficient (Wildman–Crippen LogP) is 10.9. The smallest absolute Gasteiger partial charge is 0.201 e. The van der Waals surface area contributed by atoms with Crippen molar-refractivity contribution >= 4 is 5.57 Å². The topological polar surface area (TPSA) is 18.5 Å². The molecule has 0 amide bonds. The van der Waals surface area contributed by atoms with Crippen molar-refractivity contribution in [3.63, 3.8) is 0 Å². The summed E-state index contributed by atoms with van der Waals surface area (Å²) >= 11 is 0.